The highest BCUT2D eigenvalue weighted by Gasteiger charge is 2.24. The molecule has 158 valence electrons. The number of hydrogen-bond acceptors (Lipinski definition) is 6. The molecule has 0 radical (unpaired) electrons. The van der Waals surface area contributed by atoms with Crippen LogP contribution in [0.3, 0.4) is 0 Å². The largest absolute Gasteiger partial charge is 0.494 e. The Morgan fingerprint density at radius 1 is 1.40 bits per heavy atom. The molecule has 2 aromatic carbocycles. The molecule has 1 aliphatic rings. The van der Waals surface area contributed by atoms with Gasteiger partial charge in [0.1, 0.15) is 0 Å². The number of hydrogen-bond donors (Lipinski definition) is 1. The maximum atomic E-state index is 14.1. The monoisotopic (exact) mass is 414 g/mol. The molecule has 1 aliphatic heterocycles. The lowest BCUT2D eigenvalue weighted by Gasteiger charge is -2.19. The number of aryl methyl sites for hydroxylation is 1. The third kappa shape index (κ3) is 4.46. The molecule has 0 aliphatic carbocycles. The second-order valence-corrected chi connectivity index (χ2v) is 7.13. The number of nitro groups is 1. The number of rotatable bonds is 6. The lowest BCUT2D eigenvalue weighted by molar-refractivity contribution is -0.384. The van der Waals surface area contributed by atoms with E-state index in [0.717, 1.165) is 19.5 Å². The molecule has 1 fully saturated rings. The Hall–Kier alpha value is -3.33. The van der Waals surface area contributed by atoms with Crippen molar-refractivity contribution in [3.05, 3.63) is 57.4 Å². The van der Waals surface area contributed by atoms with E-state index in [0.29, 0.717) is 11.3 Å². The van der Waals surface area contributed by atoms with Gasteiger partial charge in [0.25, 0.3) is 11.6 Å². The molecular formula is C21H23FN4O4. The van der Waals surface area contributed by atoms with Crippen LogP contribution in [0.15, 0.2) is 35.3 Å². The van der Waals surface area contributed by atoms with E-state index in [1.165, 1.54) is 49.4 Å². The minimum absolute atomic E-state index is 0.0567. The Morgan fingerprint density at radius 2 is 2.17 bits per heavy atom. The van der Waals surface area contributed by atoms with E-state index < -0.39 is 16.6 Å². The van der Waals surface area contributed by atoms with E-state index >= 15 is 0 Å². The van der Waals surface area contributed by atoms with Crippen molar-refractivity contribution in [1.29, 1.82) is 0 Å². The van der Waals surface area contributed by atoms with Crippen LogP contribution < -0.4 is 15.0 Å². The molecule has 1 N–H and O–H groups in total. The van der Waals surface area contributed by atoms with Crippen molar-refractivity contribution < 1.29 is 18.8 Å². The van der Waals surface area contributed by atoms with E-state index in [1.54, 1.807) is 13.1 Å². The first-order chi connectivity index (χ1) is 14.3. The zero-order valence-corrected chi connectivity index (χ0v) is 17.0. The first kappa shape index (κ1) is 21.4. The van der Waals surface area contributed by atoms with Crippen LogP contribution in [0.25, 0.3) is 0 Å². The molecule has 0 spiro atoms. The van der Waals surface area contributed by atoms with E-state index in [1.807, 2.05) is 0 Å². The molecule has 1 amide bonds. The van der Waals surface area contributed by atoms with E-state index in [4.69, 9.17) is 4.74 Å². The van der Waals surface area contributed by atoms with Crippen molar-refractivity contribution in [3.8, 4) is 5.75 Å². The van der Waals surface area contributed by atoms with Gasteiger partial charge < -0.3 is 15.0 Å². The fourth-order valence-corrected chi connectivity index (χ4v) is 3.35. The highest BCUT2D eigenvalue weighted by Crippen LogP contribution is 2.32. The molecule has 9 heteroatoms. The van der Waals surface area contributed by atoms with Crippen LogP contribution in [0, 0.1) is 28.8 Å². The van der Waals surface area contributed by atoms with Gasteiger partial charge in [-0.25, -0.2) is 4.39 Å². The van der Waals surface area contributed by atoms with Crippen molar-refractivity contribution in [2.75, 3.05) is 32.1 Å². The second kappa shape index (κ2) is 9.00. The molecule has 1 atom stereocenters. The maximum absolute atomic E-state index is 14.1. The normalized spacial score (nSPS) is 16.1. The third-order valence-corrected chi connectivity index (χ3v) is 5.07. The van der Waals surface area contributed by atoms with Gasteiger partial charge in [0.05, 0.1) is 23.3 Å². The van der Waals surface area contributed by atoms with Gasteiger partial charge >= 0.3 is 0 Å². The van der Waals surface area contributed by atoms with Crippen molar-refractivity contribution in [1.82, 2.24) is 5.32 Å². The summed E-state index contributed by atoms with van der Waals surface area (Å²) in [6.45, 7) is 3.37. The predicted molar refractivity (Wildman–Crippen MR) is 113 cm³/mol. The third-order valence-electron chi connectivity index (χ3n) is 5.07. The van der Waals surface area contributed by atoms with Crippen LogP contribution in [0.4, 0.5) is 21.5 Å². The lowest BCUT2D eigenvalue weighted by atomic mass is 10.0. The van der Waals surface area contributed by atoms with Crippen LogP contribution in [-0.2, 0) is 0 Å². The number of carbonyl (C=O) groups is 1. The molecular weight excluding hydrogens is 391 g/mol. The maximum Gasteiger partial charge on any atom is 0.270 e. The van der Waals surface area contributed by atoms with Crippen molar-refractivity contribution in [2.24, 2.45) is 10.9 Å². The Labute approximate surface area is 173 Å². The van der Waals surface area contributed by atoms with Gasteiger partial charge in [-0.1, -0.05) is 0 Å². The molecule has 30 heavy (non-hydrogen) atoms. The van der Waals surface area contributed by atoms with Crippen LogP contribution in [0.1, 0.15) is 22.3 Å². The summed E-state index contributed by atoms with van der Waals surface area (Å²) in [5, 5.41) is 14.6. The summed E-state index contributed by atoms with van der Waals surface area (Å²) in [6, 6.07) is 6.74. The first-order valence-electron chi connectivity index (χ1n) is 9.47. The number of benzene rings is 2. The molecule has 1 heterocycles. The number of carbonyl (C=O) groups excluding carboxylic acids is 1. The zero-order valence-electron chi connectivity index (χ0n) is 17.0. The van der Waals surface area contributed by atoms with Crippen LogP contribution >= 0.6 is 0 Å². The molecule has 3 rings (SSSR count). The summed E-state index contributed by atoms with van der Waals surface area (Å²) in [5.41, 5.74) is 1.06. The summed E-state index contributed by atoms with van der Waals surface area (Å²) in [6.07, 6.45) is 2.71. The zero-order chi connectivity index (χ0) is 21.8. The summed E-state index contributed by atoms with van der Waals surface area (Å²) < 4.78 is 19.0. The highest BCUT2D eigenvalue weighted by atomic mass is 19.1. The van der Waals surface area contributed by atoms with E-state index in [9.17, 15) is 19.3 Å². The molecule has 0 aromatic heterocycles. The SMILES string of the molecule is COc1ccc(N(C)C(=O)c2cc([N+](=O)[O-])cc(C)c2N=CC2CCNC2)cc1F. The Bertz CT molecular complexity index is 1000. The lowest BCUT2D eigenvalue weighted by Crippen LogP contribution is -2.26. The number of nitrogens with zero attached hydrogens (tertiary/aromatic N) is 3. The standard InChI is InChI=1S/C21H23FN4O4/c1-13-8-16(26(28)29)9-17(20(13)24-12-14-6-7-23-11-14)21(27)25(2)15-4-5-19(30-3)18(22)10-15/h4-5,8-10,12,14,23H,6-7,11H2,1-3H3. The Kier molecular flexibility index (Phi) is 6.41. The molecule has 1 unspecified atom stereocenters. The quantitative estimate of drug-likeness (QED) is 0.442. The number of non-ortho nitro benzene ring substituents is 1. The first-order valence-corrected chi connectivity index (χ1v) is 9.47. The summed E-state index contributed by atoms with van der Waals surface area (Å²) in [5.74, 6) is -0.850. The number of ether oxygens (including phenoxy) is 1. The molecule has 1 saturated heterocycles. The van der Waals surface area contributed by atoms with Gasteiger partial charge in [0, 0.05) is 49.6 Å². The Balaban J connectivity index is 2.01. The van der Waals surface area contributed by atoms with Crippen molar-refractivity contribution >= 4 is 29.2 Å². The molecule has 0 bridgehead atoms. The number of nitrogens with one attached hydrogen (secondary N) is 1. The van der Waals surface area contributed by atoms with Crippen molar-refractivity contribution in [2.45, 2.75) is 13.3 Å². The summed E-state index contributed by atoms with van der Waals surface area (Å²) in [4.78, 5) is 29.7. The average molecular weight is 414 g/mol. The van der Waals surface area contributed by atoms with Gasteiger partial charge in [0.2, 0.25) is 0 Å². The Morgan fingerprint density at radius 3 is 2.77 bits per heavy atom. The highest BCUT2D eigenvalue weighted by molar-refractivity contribution is 6.10. The van der Waals surface area contributed by atoms with Gasteiger partial charge in [-0.3, -0.25) is 19.9 Å². The van der Waals surface area contributed by atoms with Crippen LogP contribution in [0.2, 0.25) is 0 Å². The number of methoxy groups -OCH3 is 1. The van der Waals surface area contributed by atoms with E-state index in [-0.39, 0.29) is 28.6 Å². The van der Waals surface area contributed by atoms with Gasteiger partial charge in [-0.05, 0) is 37.6 Å². The number of nitro benzene ring substituents is 1. The van der Waals surface area contributed by atoms with Gasteiger partial charge in [0.15, 0.2) is 11.6 Å². The average Bonchev–Trinajstić information content (AvgIpc) is 3.24. The van der Waals surface area contributed by atoms with Crippen LogP contribution in [0.5, 0.6) is 5.75 Å². The van der Waals surface area contributed by atoms with Crippen molar-refractivity contribution in [3.63, 3.8) is 0 Å². The number of amides is 1. The summed E-state index contributed by atoms with van der Waals surface area (Å²) in [7, 11) is 2.83. The molecule has 8 nitrogen and oxygen atoms in total. The minimum atomic E-state index is -0.614. The topological polar surface area (TPSA) is 97.1 Å². The number of anilines is 1. The van der Waals surface area contributed by atoms with E-state index in [2.05, 4.69) is 10.3 Å². The second-order valence-electron chi connectivity index (χ2n) is 7.13. The van der Waals surface area contributed by atoms with Gasteiger partial charge in [-0.2, -0.15) is 0 Å². The fraction of sp³-hybridized carbons (Fsp3) is 0.333. The van der Waals surface area contributed by atoms with Gasteiger partial charge in [-0.15, -0.1) is 0 Å². The molecule has 2 aromatic rings. The summed E-state index contributed by atoms with van der Waals surface area (Å²) >= 11 is 0. The minimum Gasteiger partial charge on any atom is -0.494 e. The predicted octanol–water partition coefficient (Wildman–Crippen LogP) is 3.64. The van der Waals surface area contributed by atoms with Crippen LogP contribution in [-0.4, -0.2) is 44.3 Å². The number of halogens is 1. The fourth-order valence-electron chi connectivity index (χ4n) is 3.35. The molecule has 0 saturated carbocycles. The number of aliphatic imine (C=N–C) groups is 1. The smallest absolute Gasteiger partial charge is 0.270 e.